The number of anilines is 1. The third-order valence-electron chi connectivity index (χ3n) is 3.07. The molecule has 2 rings (SSSR count). The van der Waals surface area contributed by atoms with Crippen molar-refractivity contribution >= 4 is 52.3 Å². The van der Waals surface area contributed by atoms with E-state index in [0.29, 0.717) is 6.42 Å². The van der Waals surface area contributed by atoms with Crippen LogP contribution in [0.25, 0.3) is 0 Å². The van der Waals surface area contributed by atoms with E-state index in [1.54, 1.807) is 5.32 Å². The second kappa shape index (κ2) is 6.37. The summed E-state index contributed by atoms with van der Waals surface area (Å²) < 4.78 is 35.3. The molecule has 1 aliphatic carbocycles. The fourth-order valence-electron chi connectivity index (χ4n) is 1.78. The van der Waals surface area contributed by atoms with Gasteiger partial charge in [-0.3, -0.25) is 9.59 Å². The molecule has 1 unspecified atom stereocenters. The van der Waals surface area contributed by atoms with Crippen molar-refractivity contribution in [2.24, 2.45) is 5.92 Å². The molecule has 2 amide bonds. The Balaban J connectivity index is 2.07. The van der Waals surface area contributed by atoms with E-state index in [0.717, 1.165) is 0 Å². The first kappa shape index (κ1) is 18.2. The number of hydrogen-bond donors (Lipinski definition) is 2. The Bertz CT molecular complexity index is 650. The Kier molecular flexibility index (Phi) is 5.03. The maximum atomic E-state index is 12.1. The summed E-state index contributed by atoms with van der Waals surface area (Å²) in [5, 5.41) is 4.15. The summed E-state index contributed by atoms with van der Waals surface area (Å²) in [6, 6.07) is 3.88. The zero-order valence-corrected chi connectivity index (χ0v) is 13.6. The van der Waals surface area contributed by atoms with Gasteiger partial charge >= 0.3 is 6.18 Å². The smallest absolute Gasteiger partial charge is 0.343 e. The molecule has 0 aliphatic heterocycles. The number of carbonyl (C=O) groups excluding carboxylic acids is 2. The minimum absolute atomic E-state index is 0.0434. The Morgan fingerprint density at radius 1 is 1.30 bits per heavy atom. The molecule has 126 valence electrons. The van der Waals surface area contributed by atoms with E-state index >= 15 is 0 Å². The lowest BCUT2D eigenvalue weighted by Gasteiger charge is -2.11. The number of rotatable bonds is 4. The summed E-state index contributed by atoms with van der Waals surface area (Å²) in [7, 11) is 0. The molecule has 0 saturated heterocycles. The topological polar surface area (TPSA) is 58.2 Å². The van der Waals surface area contributed by atoms with Gasteiger partial charge in [0.25, 0.3) is 5.91 Å². The summed E-state index contributed by atoms with van der Waals surface area (Å²) in [6.07, 6.45) is -4.24. The van der Waals surface area contributed by atoms with Crippen molar-refractivity contribution < 1.29 is 22.8 Å². The molecule has 23 heavy (non-hydrogen) atoms. The zero-order valence-electron chi connectivity index (χ0n) is 11.3. The van der Waals surface area contributed by atoms with Gasteiger partial charge in [-0.15, -0.1) is 23.2 Å². The maximum Gasteiger partial charge on any atom is 0.405 e. The highest BCUT2D eigenvalue weighted by Crippen LogP contribution is 2.53. The summed E-state index contributed by atoms with van der Waals surface area (Å²) in [5.41, 5.74) is 0.0140. The molecule has 0 bridgehead atoms. The van der Waals surface area contributed by atoms with Crippen LogP contribution in [-0.2, 0) is 4.79 Å². The molecule has 1 aliphatic rings. The van der Waals surface area contributed by atoms with E-state index < -0.39 is 34.8 Å². The molecule has 0 radical (unpaired) electrons. The maximum absolute atomic E-state index is 12.1. The third-order valence-corrected chi connectivity index (χ3v) is 4.24. The van der Waals surface area contributed by atoms with Gasteiger partial charge in [-0.05, 0) is 24.6 Å². The first-order valence-electron chi connectivity index (χ1n) is 6.33. The van der Waals surface area contributed by atoms with E-state index in [2.05, 4.69) is 5.32 Å². The minimum Gasteiger partial charge on any atom is -0.343 e. The standard InChI is InChI=1S/C13H10Cl3F3N2O2/c14-9-2-1-6(21-11(23)8-4-12(8,15)16)3-7(9)10(22)20-5-13(17,18)19/h1-3,8H,4-5H2,(H,20,22)(H,21,23). The number of hydrogen-bond acceptors (Lipinski definition) is 2. The van der Waals surface area contributed by atoms with Gasteiger partial charge in [0.1, 0.15) is 10.9 Å². The lowest BCUT2D eigenvalue weighted by Crippen LogP contribution is -2.33. The molecule has 2 N–H and O–H groups in total. The highest BCUT2D eigenvalue weighted by Gasteiger charge is 2.56. The van der Waals surface area contributed by atoms with E-state index in [9.17, 15) is 22.8 Å². The van der Waals surface area contributed by atoms with Crippen LogP contribution in [0.15, 0.2) is 18.2 Å². The van der Waals surface area contributed by atoms with Gasteiger partial charge in [0.2, 0.25) is 5.91 Å². The van der Waals surface area contributed by atoms with Crippen LogP contribution < -0.4 is 10.6 Å². The van der Waals surface area contributed by atoms with Gasteiger partial charge in [0.05, 0.1) is 16.5 Å². The molecule has 0 spiro atoms. The molecule has 1 saturated carbocycles. The van der Waals surface area contributed by atoms with Gasteiger partial charge in [-0.1, -0.05) is 11.6 Å². The van der Waals surface area contributed by atoms with Crippen molar-refractivity contribution in [2.75, 3.05) is 11.9 Å². The van der Waals surface area contributed by atoms with Crippen molar-refractivity contribution in [2.45, 2.75) is 16.9 Å². The highest BCUT2D eigenvalue weighted by atomic mass is 35.5. The zero-order chi connectivity index (χ0) is 17.4. The van der Waals surface area contributed by atoms with E-state index in [4.69, 9.17) is 34.8 Å². The molecule has 1 aromatic rings. The Labute approximate surface area is 144 Å². The number of halogens is 6. The van der Waals surface area contributed by atoms with Gasteiger partial charge in [0, 0.05) is 5.69 Å². The molecule has 0 aromatic heterocycles. The van der Waals surface area contributed by atoms with Crippen molar-refractivity contribution in [1.29, 1.82) is 0 Å². The minimum atomic E-state index is -4.54. The average molecular weight is 390 g/mol. The molecular formula is C13H10Cl3F3N2O2. The molecule has 0 heterocycles. The fourth-order valence-corrected chi connectivity index (χ4v) is 2.49. The van der Waals surface area contributed by atoms with Crippen LogP contribution in [-0.4, -0.2) is 28.9 Å². The molecule has 4 nitrogen and oxygen atoms in total. The predicted octanol–water partition coefficient (Wildman–Crippen LogP) is 3.76. The SMILES string of the molecule is O=C(NCC(F)(F)F)c1cc(NC(=O)C2CC2(Cl)Cl)ccc1Cl. The van der Waals surface area contributed by atoms with Crippen LogP contribution in [0.1, 0.15) is 16.8 Å². The molecule has 10 heteroatoms. The Morgan fingerprint density at radius 3 is 2.43 bits per heavy atom. The fraction of sp³-hybridized carbons (Fsp3) is 0.385. The lowest BCUT2D eigenvalue weighted by molar-refractivity contribution is -0.123. The van der Waals surface area contributed by atoms with Gasteiger partial charge in [0.15, 0.2) is 0 Å². The average Bonchev–Trinajstić information content (AvgIpc) is 3.06. The highest BCUT2D eigenvalue weighted by molar-refractivity contribution is 6.52. The monoisotopic (exact) mass is 388 g/mol. The first-order valence-corrected chi connectivity index (χ1v) is 7.46. The largest absolute Gasteiger partial charge is 0.405 e. The number of benzene rings is 1. The molecule has 1 aromatic carbocycles. The second-order valence-corrected chi connectivity index (χ2v) is 6.95. The van der Waals surface area contributed by atoms with Crippen molar-refractivity contribution in [3.63, 3.8) is 0 Å². The number of carbonyl (C=O) groups is 2. The van der Waals surface area contributed by atoms with Crippen LogP contribution in [0.2, 0.25) is 5.02 Å². The lowest BCUT2D eigenvalue weighted by atomic mass is 10.1. The van der Waals surface area contributed by atoms with Gasteiger partial charge < -0.3 is 10.6 Å². The van der Waals surface area contributed by atoms with Crippen LogP contribution in [0.4, 0.5) is 18.9 Å². The molecule has 1 atom stereocenters. The van der Waals surface area contributed by atoms with E-state index in [-0.39, 0.29) is 16.3 Å². The Morgan fingerprint density at radius 2 is 1.91 bits per heavy atom. The van der Waals surface area contributed by atoms with Gasteiger partial charge in [-0.25, -0.2) is 0 Å². The van der Waals surface area contributed by atoms with Crippen LogP contribution in [0, 0.1) is 5.92 Å². The van der Waals surface area contributed by atoms with Gasteiger partial charge in [-0.2, -0.15) is 13.2 Å². The number of alkyl halides is 5. The van der Waals surface area contributed by atoms with Crippen molar-refractivity contribution in [1.82, 2.24) is 5.32 Å². The first-order chi connectivity index (χ1) is 10.5. The second-order valence-electron chi connectivity index (χ2n) is 5.00. The quantitative estimate of drug-likeness (QED) is 0.770. The number of amides is 2. The number of nitrogens with one attached hydrogen (secondary N) is 2. The summed E-state index contributed by atoms with van der Waals surface area (Å²) >= 11 is 17.3. The van der Waals surface area contributed by atoms with E-state index in [1.165, 1.54) is 18.2 Å². The van der Waals surface area contributed by atoms with Crippen LogP contribution >= 0.6 is 34.8 Å². The molecule has 1 fully saturated rings. The summed E-state index contributed by atoms with van der Waals surface area (Å²) in [4.78, 5) is 23.6. The Hall–Kier alpha value is -1.18. The van der Waals surface area contributed by atoms with Crippen LogP contribution in [0.3, 0.4) is 0 Å². The van der Waals surface area contributed by atoms with Crippen molar-refractivity contribution in [3.8, 4) is 0 Å². The normalized spacial score (nSPS) is 19.1. The van der Waals surface area contributed by atoms with Crippen LogP contribution in [0.5, 0.6) is 0 Å². The molecular weight excluding hydrogens is 380 g/mol. The summed E-state index contributed by atoms with van der Waals surface area (Å²) in [6.45, 7) is -1.48. The predicted molar refractivity (Wildman–Crippen MR) is 81.0 cm³/mol. The van der Waals surface area contributed by atoms with Crippen molar-refractivity contribution in [3.05, 3.63) is 28.8 Å². The summed E-state index contributed by atoms with van der Waals surface area (Å²) in [5.74, 6) is -2.03. The van der Waals surface area contributed by atoms with E-state index in [1.807, 2.05) is 0 Å². The third kappa shape index (κ3) is 4.89.